The van der Waals surface area contributed by atoms with Gasteiger partial charge in [-0.05, 0) is 165 Å². The number of hydrogen-bond acceptors (Lipinski definition) is 12. The first kappa shape index (κ1) is 42.4. The van der Waals surface area contributed by atoms with E-state index in [-0.39, 0.29) is 24.1 Å². The minimum Gasteiger partial charge on any atom is -0.462 e. The lowest BCUT2D eigenvalue weighted by atomic mass is 9.76. The van der Waals surface area contributed by atoms with E-state index in [0.717, 1.165) is 161 Å². The van der Waals surface area contributed by atoms with E-state index in [2.05, 4.69) is 0 Å². The van der Waals surface area contributed by atoms with Crippen LogP contribution in [0.5, 0.6) is 0 Å². The van der Waals surface area contributed by atoms with Gasteiger partial charge in [0.05, 0.1) is 22.7 Å². The van der Waals surface area contributed by atoms with E-state index in [0.29, 0.717) is 36.5 Å². The van der Waals surface area contributed by atoms with Gasteiger partial charge in [0.15, 0.2) is 0 Å². The van der Waals surface area contributed by atoms with E-state index in [4.69, 9.17) is 55.3 Å². The lowest BCUT2D eigenvalue weighted by molar-refractivity contribution is -0.154. The second-order valence-corrected chi connectivity index (χ2v) is 18.0. The fourth-order valence-corrected chi connectivity index (χ4v) is 9.21. The molecule has 296 valence electrons. The summed E-state index contributed by atoms with van der Waals surface area (Å²) in [5.74, 6) is 1.54. The normalized spacial score (nSPS) is 25.6. The summed E-state index contributed by atoms with van der Waals surface area (Å²) in [5, 5.41) is 0. The Kier molecular flexibility index (Phi) is 16.0. The molecule has 0 saturated heterocycles. The van der Waals surface area contributed by atoms with Crippen molar-refractivity contribution in [2.45, 2.75) is 208 Å². The molecule has 4 saturated carbocycles. The third-order valence-corrected chi connectivity index (χ3v) is 13.1. The van der Waals surface area contributed by atoms with Crippen LogP contribution in [-0.2, 0) is 19.1 Å². The van der Waals surface area contributed by atoms with Crippen LogP contribution in [0.4, 0.5) is 0 Å². The predicted octanol–water partition coefficient (Wildman–Crippen LogP) is 4.32. The summed E-state index contributed by atoms with van der Waals surface area (Å²) in [5.41, 5.74) is 47.1. The first-order chi connectivity index (χ1) is 24.0. The average molecular weight is 721 g/mol. The van der Waals surface area contributed by atoms with Crippen molar-refractivity contribution < 1.29 is 19.1 Å². The van der Waals surface area contributed by atoms with E-state index < -0.39 is 22.7 Å². The van der Waals surface area contributed by atoms with Gasteiger partial charge in [-0.3, -0.25) is 9.59 Å². The van der Waals surface area contributed by atoms with E-state index in [1.54, 1.807) is 0 Å². The predicted molar refractivity (Wildman–Crippen MR) is 203 cm³/mol. The van der Waals surface area contributed by atoms with Crippen LogP contribution in [0, 0.1) is 23.7 Å². The summed E-state index contributed by atoms with van der Waals surface area (Å²) in [4.78, 5) is 26.0. The number of esters is 2. The Morgan fingerprint density at radius 3 is 1.04 bits per heavy atom. The monoisotopic (exact) mass is 721 g/mol. The number of ether oxygens (including phenoxy) is 2. The van der Waals surface area contributed by atoms with Crippen molar-refractivity contribution in [3.05, 3.63) is 0 Å². The average Bonchev–Trinajstić information content (AvgIpc) is 3.06. The lowest BCUT2D eigenvalue weighted by Gasteiger charge is -2.38. The fraction of sp³-hybridized carbons (Fsp3) is 0.949. The Morgan fingerprint density at radius 2 is 0.725 bits per heavy atom. The summed E-state index contributed by atoms with van der Waals surface area (Å²) >= 11 is 0. The van der Waals surface area contributed by atoms with Crippen LogP contribution in [0.3, 0.4) is 0 Å². The Hall–Kier alpha value is -1.38. The van der Waals surface area contributed by atoms with Crippen LogP contribution in [0.15, 0.2) is 0 Å². The smallest absolute Gasteiger partial charge is 0.306 e. The largest absolute Gasteiger partial charge is 0.462 e. The van der Waals surface area contributed by atoms with Crippen LogP contribution in [0.1, 0.15) is 173 Å². The van der Waals surface area contributed by atoms with Gasteiger partial charge in [0, 0.05) is 12.8 Å². The SMILES string of the molecule is NC1(N)CCC(CCC(OC(=O)CCCCCCCC(=O)OC(CCC2CCC(N)(N)CC2)C2CCC(N)(N)CC2)C2CCC(N)(N)CC2)CC1. The minimum atomic E-state index is -0.615. The summed E-state index contributed by atoms with van der Waals surface area (Å²) in [6.07, 6.45) is 22.9. The molecule has 51 heavy (non-hydrogen) atoms. The van der Waals surface area contributed by atoms with Gasteiger partial charge in [-0.1, -0.05) is 19.3 Å². The molecule has 0 aromatic carbocycles. The third kappa shape index (κ3) is 15.5. The van der Waals surface area contributed by atoms with E-state index in [1.165, 1.54) is 0 Å². The van der Waals surface area contributed by atoms with Crippen LogP contribution in [0.25, 0.3) is 0 Å². The van der Waals surface area contributed by atoms with Gasteiger partial charge < -0.3 is 55.3 Å². The molecule has 2 atom stereocenters. The molecule has 2 unspecified atom stereocenters. The number of rotatable bonds is 18. The van der Waals surface area contributed by atoms with Crippen LogP contribution in [-0.4, -0.2) is 46.8 Å². The van der Waals surface area contributed by atoms with Gasteiger partial charge in [-0.2, -0.15) is 0 Å². The van der Waals surface area contributed by atoms with E-state index in [9.17, 15) is 9.59 Å². The van der Waals surface area contributed by atoms with Crippen molar-refractivity contribution in [3.63, 3.8) is 0 Å². The molecule has 12 heteroatoms. The quantitative estimate of drug-likeness (QED) is 0.0559. The highest BCUT2D eigenvalue weighted by molar-refractivity contribution is 5.70. The van der Waals surface area contributed by atoms with Crippen molar-refractivity contribution in [2.24, 2.45) is 69.5 Å². The molecular weight excluding hydrogens is 644 g/mol. The second kappa shape index (κ2) is 19.3. The van der Waals surface area contributed by atoms with Crippen LogP contribution in [0.2, 0.25) is 0 Å². The minimum absolute atomic E-state index is 0.0911. The molecule has 0 aromatic heterocycles. The highest BCUT2D eigenvalue weighted by Gasteiger charge is 2.37. The summed E-state index contributed by atoms with van der Waals surface area (Å²) < 4.78 is 12.3. The Labute approximate surface area is 308 Å². The molecule has 0 bridgehead atoms. The number of nitrogens with two attached hydrogens (primary N) is 8. The molecule has 16 N–H and O–H groups in total. The Bertz CT molecular complexity index is 963. The molecule has 0 spiro atoms. The number of carbonyl (C=O) groups excluding carboxylic acids is 2. The van der Waals surface area contributed by atoms with Crippen molar-refractivity contribution in [1.29, 1.82) is 0 Å². The molecular formula is C39H76N8O4. The van der Waals surface area contributed by atoms with Crippen molar-refractivity contribution >= 4 is 11.9 Å². The zero-order valence-electron chi connectivity index (χ0n) is 31.8. The van der Waals surface area contributed by atoms with Gasteiger partial charge in [-0.15, -0.1) is 0 Å². The standard InChI is InChI=1S/C39H76N8O4/c40-36(41)20-12-28(13-21-36)8-10-32(30-16-24-38(44,45)25-17-30)50-34(48)6-4-2-1-3-5-7-35(49)51-33(31-18-26-39(46,47)27-19-31)11-9-29-14-22-37(42,43)23-15-29/h28-33H,1-27,40-47H2. The maximum Gasteiger partial charge on any atom is 0.306 e. The molecule has 0 heterocycles. The zero-order valence-corrected chi connectivity index (χ0v) is 31.8. The Morgan fingerprint density at radius 1 is 0.451 bits per heavy atom. The number of carbonyl (C=O) groups is 2. The van der Waals surface area contributed by atoms with Crippen molar-refractivity contribution in [3.8, 4) is 0 Å². The van der Waals surface area contributed by atoms with Crippen LogP contribution < -0.4 is 45.9 Å². The number of unbranched alkanes of at least 4 members (excludes halogenated alkanes) is 4. The van der Waals surface area contributed by atoms with Crippen molar-refractivity contribution in [2.75, 3.05) is 0 Å². The first-order valence-electron chi connectivity index (χ1n) is 20.7. The van der Waals surface area contributed by atoms with Gasteiger partial charge in [0.1, 0.15) is 12.2 Å². The second-order valence-electron chi connectivity index (χ2n) is 18.0. The molecule has 4 aliphatic carbocycles. The lowest BCUT2D eigenvalue weighted by Crippen LogP contribution is -2.53. The highest BCUT2D eigenvalue weighted by atomic mass is 16.5. The molecule has 4 fully saturated rings. The van der Waals surface area contributed by atoms with Gasteiger partial charge >= 0.3 is 11.9 Å². The van der Waals surface area contributed by atoms with Gasteiger partial charge in [0.25, 0.3) is 0 Å². The van der Waals surface area contributed by atoms with E-state index in [1.807, 2.05) is 0 Å². The summed E-state index contributed by atoms with van der Waals surface area (Å²) in [6.45, 7) is 0. The van der Waals surface area contributed by atoms with E-state index >= 15 is 0 Å². The molecule has 0 aliphatic heterocycles. The van der Waals surface area contributed by atoms with Crippen molar-refractivity contribution in [1.82, 2.24) is 0 Å². The maximum absolute atomic E-state index is 13.0. The fourth-order valence-electron chi connectivity index (χ4n) is 9.21. The zero-order chi connectivity index (χ0) is 37.1. The Balaban J connectivity index is 1.13. The molecule has 0 aromatic rings. The molecule has 4 aliphatic rings. The molecule has 4 rings (SSSR count). The van der Waals surface area contributed by atoms with Gasteiger partial charge in [0.2, 0.25) is 0 Å². The summed E-state index contributed by atoms with van der Waals surface area (Å²) in [6, 6.07) is 0. The molecule has 0 amide bonds. The maximum atomic E-state index is 13.0. The third-order valence-electron chi connectivity index (χ3n) is 13.1. The number of hydrogen-bond donors (Lipinski definition) is 8. The molecule has 12 nitrogen and oxygen atoms in total. The first-order valence-corrected chi connectivity index (χ1v) is 20.7. The van der Waals surface area contributed by atoms with Crippen LogP contribution >= 0.6 is 0 Å². The van der Waals surface area contributed by atoms with Gasteiger partial charge in [-0.25, -0.2) is 0 Å². The summed E-state index contributed by atoms with van der Waals surface area (Å²) in [7, 11) is 0. The topological polar surface area (TPSA) is 261 Å². The molecule has 0 radical (unpaired) electrons. The highest BCUT2D eigenvalue weighted by Crippen LogP contribution is 2.38.